The minimum absolute atomic E-state index is 0.830. The van der Waals surface area contributed by atoms with Crippen LogP contribution in [0, 0.1) is 23.7 Å². The lowest BCUT2D eigenvalue weighted by Gasteiger charge is -2.14. The zero-order chi connectivity index (χ0) is 32.9. The van der Waals surface area contributed by atoms with Crippen molar-refractivity contribution in [2.45, 2.75) is 190 Å². The summed E-state index contributed by atoms with van der Waals surface area (Å²) in [4.78, 5) is 0. The van der Waals surface area contributed by atoms with Crippen LogP contribution >= 0.6 is 0 Å². The van der Waals surface area contributed by atoms with Crippen molar-refractivity contribution in [1.29, 1.82) is 0 Å². The fraction of sp³-hybridized carbons (Fsp3) is 0.733. The van der Waals surface area contributed by atoms with E-state index in [1.165, 1.54) is 128 Å². The van der Waals surface area contributed by atoms with Crippen molar-refractivity contribution >= 4 is 0 Å². The average molecular weight is 617 g/mol. The predicted molar refractivity (Wildman–Crippen MR) is 204 cm³/mol. The van der Waals surface area contributed by atoms with Gasteiger partial charge in [-0.05, 0) is 115 Å². The molecule has 0 heterocycles. The summed E-state index contributed by atoms with van der Waals surface area (Å²) in [6.07, 6.45) is 27.8. The lowest BCUT2D eigenvalue weighted by Crippen LogP contribution is -1.99. The van der Waals surface area contributed by atoms with Gasteiger partial charge in [0.1, 0.15) is 0 Å². The molecule has 0 fully saturated rings. The molecule has 0 atom stereocenters. The average Bonchev–Trinajstić information content (AvgIpc) is 2.95. The molecule has 0 N–H and O–H groups in total. The van der Waals surface area contributed by atoms with Gasteiger partial charge in [-0.2, -0.15) is 0 Å². The molecule has 0 unspecified atom stereocenters. The van der Waals surface area contributed by atoms with Gasteiger partial charge in [0, 0.05) is 0 Å². The van der Waals surface area contributed by atoms with E-state index in [0.29, 0.717) is 0 Å². The first-order chi connectivity index (χ1) is 21.6. The highest BCUT2D eigenvalue weighted by atomic mass is 14.1. The largest absolute Gasteiger partial charge is 0.0628 e. The lowest BCUT2D eigenvalue weighted by atomic mass is 9.92. The maximum absolute atomic E-state index is 2.56. The Kier molecular flexibility index (Phi) is 20.9. The van der Waals surface area contributed by atoms with Crippen molar-refractivity contribution in [2.75, 3.05) is 0 Å². The Bertz CT molecular complexity index is 853. The Hall–Kier alpha value is -1.56. The van der Waals surface area contributed by atoms with Crippen molar-refractivity contribution in [1.82, 2.24) is 0 Å². The van der Waals surface area contributed by atoms with Crippen molar-refractivity contribution in [3.8, 4) is 0 Å². The molecule has 0 aliphatic carbocycles. The van der Waals surface area contributed by atoms with Crippen LogP contribution in [0.15, 0.2) is 36.4 Å². The second-order valence-corrected chi connectivity index (χ2v) is 16.5. The zero-order valence-corrected chi connectivity index (χ0v) is 31.6. The van der Waals surface area contributed by atoms with Crippen molar-refractivity contribution in [3.05, 3.63) is 69.8 Å². The van der Waals surface area contributed by atoms with E-state index >= 15 is 0 Å². The zero-order valence-electron chi connectivity index (χ0n) is 31.6. The molecule has 0 saturated heterocycles. The molecule has 2 aromatic rings. The molecule has 256 valence electrons. The molecule has 0 aliphatic heterocycles. The van der Waals surface area contributed by atoms with E-state index in [1.807, 2.05) is 0 Å². The summed E-state index contributed by atoms with van der Waals surface area (Å²) in [7, 11) is 0. The molecule has 0 bridgehead atoms. The lowest BCUT2D eigenvalue weighted by molar-refractivity contribution is 0.526. The first kappa shape index (κ1) is 39.6. The highest BCUT2D eigenvalue weighted by Crippen LogP contribution is 2.23. The summed E-state index contributed by atoms with van der Waals surface area (Å²) in [5, 5.41) is 0. The second-order valence-electron chi connectivity index (χ2n) is 16.5. The standard InChI is InChI=1S/C45H76/c1-36(2)21-13-9-17-25-40-29-41(26-18-10-14-22-37(3)4)32-44(31-40)35-45-33-42(27-19-11-15-23-38(5)6)30-43(34-45)28-20-12-16-24-39(7)8/h29-34,36-39H,9-28,35H2,1-8H3. The summed E-state index contributed by atoms with van der Waals surface area (Å²) in [5.74, 6) is 3.32. The Morgan fingerprint density at radius 1 is 0.289 bits per heavy atom. The molecule has 2 rings (SSSR count). The monoisotopic (exact) mass is 617 g/mol. The van der Waals surface area contributed by atoms with Crippen LogP contribution in [0.25, 0.3) is 0 Å². The van der Waals surface area contributed by atoms with Crippen molar-refractivity contribution < 1.29 is 0 Å². The molecule has 0 saturated carbocycles. The van der Waals surface area contributed by atoms with Crippen molar-refractivity contribution in [2.24, 2.45) is 23.7 Å². The third kappa shape index (κ3) is 20.3. The Morgan fingerprint density at radius 3 is 0.733 bits per heavy atom. The normalized spacial score (nSPS) is 12.0. The van der Waals surface area contributed by atoms with Gasteiger partial charge < -0.3 is 0 Å². The molecule has 0 aromatic heterocycles. The molecule has 0 nitrogen and oxygen atoms in total. The van der Waals surface area contributed by atoms with Gasteiger partial charge in [-0.15, -0.1) is 0 Å². The van der Waals surface area contributed by atoms with Crippen LogP contribution in [0.5, 0.6) is 0 Å². The first-order valence-corrected chi connectivity index (χ1v) is 19.8. The number of aryl methyl sites for hydroxylation is 4. The number of rotatable bonds is 26. The first-order valence-electron chi connectivity index (χ1n) is 19.8. The summed E-state index contributed by atoms with van der Waals surface area (Å²) >= 11 is 0. The van der Waals surface area contributed by atoms with Gasteiger partial charge in [-0.3, -0.25) is 0 Å². The fourth-order valence-corrected chi connectivity index (χ4v) is 6.93. The van der Waals surface area contributed by atoms with Gasteiger partial charge in [0.2, 0.25) is 0 Å². The van der Waals surface area contributed by atoms with Crippen LogP contribution < -0.4 is 0 Å². The Balaban J connectivity index is 2.16. The third-order valence-corrected chi connectivity index (χ3v) is 9.62. The van der Waals surface area contributed by atoms with E-state index in [4.69, 9.17) is 0 Å². The van der Waals surface area contributed by atoms with E-state index in [2.05, 4.69) is 91.8 Å². The number of hydrogen-bond acceptors (Lipinski definition) is 0. The van der Waals surface area contributed by atoms with Gasteiger partial charge in [-0.25, -0.2) is 0 Å². The fourth-order valence-electron chi connectivity index (χ4n) is 6.93. The van der Waals surface area contributed by atoms with E-state index in [-0.39, 0.29) is 0 Å². The van der Waals surface area contributed by atoms with Gasteiger partial charge in [0.25, 0.3) is 0 Å². The molecule has 0 heteroatoms. The van der Waals surface area contributed by atoms with Crippen LogP contribution in [0.3, 0.4) is 0 Å². The topological polar surface area (TPSA) is 0 Å². The van der Waals surface area contributed by atoms with E-state index < -0.39 is 0 Å². The highest BCUT2D eigenvalue weighted by molar-refractivity contribution is 5.37. The predicted octanol–water partition coefficient (Wildman–Crippen LogP) is 14.3. The van der Waals surface area contributed by atoms with E-state index in [1.54, 1.807) is 33.4 Å². The molecule has 0 spiro atoms. The van der Waals surface area contributed by atoms with Gasteiger partial charge in [0.05, 0.1) is 0 Å². The van der Waals surface area contributed by atoms with Gasteiger partial charge in [0.15, 0.2) is 0 Å². The number of unbranched alkanes of at least 4 members (excludes halogenated alkanes) is 8. The Labute approximate surface area is 283 Å². The van der Waals surface area contributed by atoms with E-state index in [9.17, 15) is 0 Å². The Morgan fingerprint density at radius 2 is 0.511 bits per heavy atom. The summed E-state index contributed by atoms with van der Waals surface area (Å²) in [6, 6.07) is 15.4. The molecular weight excluding hydrogens is 540 g/mol. The van der Waals surface area contributed by atoms with Crippen molar-refractivity contribution in [3.63, 3.8) is 0 Å². The van der Waals surface area contributed by atoms with Crippen LogP contribution in [-0.4, -0.2) is 0 Å². The van der Waals surface area contributed by atoms with Crippen LogP contribution in [0.4, 0.5) is 0 Å². The molecule has 2 aromatic carbocycles. The minimum Gasteiger partial charge on any atom is -0.0628 e. The highest BCUT2D eigenvalue weighted by Gasteiger charge is 2.08. The van der Waals surface area contributed by atoms with Crippen LogP contribution in [-0.2, 0) is 32.1 Å². The third-order valence-electron chi connectivity index (χ3n) is 9.62. The molecule has 0 aliphatic rings. The minimum atomic E-state index is 0.830. The molecule has 0 amide bonds. The smallest absolute Gasteiger partial charge is 0.00254 e. The molecule has 0 radical (unpaired) electrons. The maximum Gasteiger partial charge on any atom is -0.00254 e. The second kappa shape index (κ2) is 23.7. The van der Waals surface area contributed by atoms with Gasteiger partial charge in [-0.1, -0.05) is 169 Å². The van der Waals surface area contributed by atoms with E-state index in [0.717, 1.165) is 30.1 Å². The molecule has 45 heavy (non-hydrogen) atoms. The van der Waals surface area contributed by atoms with Gasteiger partial charge >= 0.3 is 0 Å². The quantitative estimate of drug-likeness (QED) is 0.0922. The molecular formula is C45H76. The van der Waals surface area contributed by atoms with Crippen LogP contribution in [0.2, 0.25) is 0 Å². The SMILES string of the molecule is CC(C)CCCCCc1cc(CCCCCC(C)C)cc(Cc2cc(CCCCCC(C)C)cc(CCCCCC(C)C)c2)c1. The maximum atomic E-state index is 2.56. The number of benzene rings is 2. The number of hydrogen-bond donors (Lipinski definition) is 0. The summed E-state index contributed by atoms with van der Waals surface area (Å²) in [6.45, 7) is 18.9. The summed E-state index contributed by atoms with van der Waals surface area (Å²) in [5.41, 5.74) is 9.43. The summed E-state index contributed by atoms with van der Waals surface area (Å²) < 4.78 is 0. The van der Waals surface area contributed by atoms with Crippen LogP contribution in [0.1, 0.15) is 192 Å².